The van der Waals surface area contributed by atoms with Crippen molar-refractivity contribution < 1.29 is 33.4 Å². The number of imidazole rings is 1. The van der Waals surface area contributed by atoms with Gasteiger partial charge in [-0.3, -0.25) is 19.1 Å². The molecule has 0 radical (unpaired) electrons. The molecular weight excluding hydrogens is 477 g/mol. The summed E-state index contributed by atoms with van der Waals surface area (Å²) in [7, 11) is -2.54. The first-order chi connectivity index (χ1) is 15.3. The summed E-state index contributed by atoms with van der Waals surface area (Å²) in [6, 6.07) is 0. The number of H-pyrrole nitrogens is 1. The number of hydrogen-bond donors (Lipinski definition) is 4. The van der Waals surface area contributed by atoms with Crippen LogP contribution in [0.4, 0.5) is 5.95 Å². The van der Waals surface area contributed by atoms with E-state index in [1.807, 2.05) is 0 Å². The Morgan fingerprint density at radius 2 is 2.15 bits per heavy atom. The highest BCUT2D eigenvalue weighted by atomic mass is 32.2. The molecule has 15 heteroatoms. The summed E-state index contributed by atoms with van der Waals surface area (Å²) < 4.78 is 29.2. The molecule has 33 heavy (non-hydrogen) atoms. The molecule has 182 valence electrons. The lowest BCUT2D eigenvalue weighted by molar-refractivity contribution is -0.117. The molecule has 3 rings (SSSR count). The lowest BCUT2D eigenvalue weighted by Crippen LogP contribution is -2.44. The van der Waals surface area contributed by atoms with Crippen LogP contribution in [0, 0.1) is 5.41 Å². The zero-order chi connectivity index (χ0) is 24.6. The molecule has 5 N–H and O–H groups in total. The maximum atomic E-state index is 12.0. The van der Waals surface area contributed by atoms with E-state index in [1.165, 1.54) is 17.8 Å². The lowest BCUT2D eigenvalue weighted by atomic mass is 9.96. The molecule has 13 nitrogen and oxygen atoms in total. The predicted molar refractivity (Wildman–Crippen MR) is 120 cm³/mol. The van der Waals surface area contributed by atoms with E-state index >= 15 is 0 Å². The quantitative estimate of drug-likeness (QED) is 0.291. The average molecular weight is 504 g/mol. The highest BCUT2D eigenvalue weighted by molar-refractivity contribution is 8.13. The SMILES string of the molecule is CC(C)(C)C(=O)SCCO[P+](=O)OC[C@H]1O[C@@H](n2cnc3c(=O)[nH]c(N)nc32)[C@](C)(O)[C@@H]1O. The molecule has 1 aliphatic heterocycles. The number of nitrogen functional groups attached to an aromatic ring is 1. The monoisotopic (exact) mass is 504 g/mol. The third-order valence-electron chi connectivity index (χ3n) is 4.93. The van der Waals surface area contributed by atoms with Crippen molar-refractivity contribution >= 4 is 42.2 Å². The number of hydrogen-bond acceptors (Lipinski definition) is 12. The summed E-state index contributed by atoms with van der Waals surface area (Å²) in [6.45, 7) is 6.43. The third kappa shape index (κ3) is 5.60. The smallest absolute Gasteiger partial charge is 0.387 e. The fourth-order valence-corrected chi connectivity index (χ4v) is 4.62. The zero-order valence-electron chi connectivity index (χ0n) is 18.5. The second-order valence-electron chi connectivity index (χ2n) is 8.71. The molecule has 0 bridgehead atoms. The average Bonchev–Trinajstić information content (AvgIpc) is 3.22. The van der Waals surface area contributed by atoms with Gasteiger partial charge in [-0.1, -0.05) is 32.5 Å². The van der Waals surface area contributed by atoms with Gasteiger partial charge in [-0.25, -0.2) is 4.98 Å². The Morgan fingerprint density at radius 1 is 1.45 bits per heavy atom. The van der Waals surface area contributed by atoms with Gasteiger partial charge in [0.2, 0.25) is 5.95 Å². The minimum Gasteiger partial charge on any atom is -0.387 e. The second-order valence-corrected chi connectivity index (χ2v) is 10.7. The normalized spacial score (nSPS) is 26.1. The van der Waals surface area contributed by atoms with Gasteiger partial charge in [0.15, 0.2) is 22.5 Å². The number of rotatable bonds is 8. The number of aliphatic hydroxyl groups is 2. The Hall–Kier alpha value is -1.93. The molecular formula is C18H27N5O8PS+. The summed E-state index contributed by atoms with van der Waals surface area (Å²) in [5.74, 6) is 0.159. The summed E-state index contributed by atoms with van der Waals surface area (Å²) in [4.78, 5) is 34.2. The Balaban J connectivity index is 1.59. The van der Waals surface area contributed by atoms with Crippen molar-refractivity contribution in [1.29, 1.82) is 0 Å². The zero-order valence-corrected chi connectivity index (χ0v) is 20.3. The molecule has 1 fully saturated rings. The number of carbonyl (C=O) groups excluding carboxylic acids is 1. The van der Waals surface area contributed by atoms with Gasteiger partial charge in [-0.15, -0.1) is 9.05 Å². The first-order valence-electron chi connectivity index (χ1n) is 10.0. The van der Waals surface area contributed by atoms with E-state index in [1.54, 1.807) is 20.8 Å². The van der Waals surface area contributed by atoms with E-state index in [2.05, 4.69) is 15.0 Å². The molecule has 1 unspecified atom stereocenters. The van der Waals surface area contributed by atoms with Gasteiger partial charge in [0.1, 0.15) is 31.0 Å². The van der Waals surface area contributed by atoms with Gasteiger partial charge in [0, 0.05) is 15.7 Å². The number of nitrogens with zero attached hydrogens (tertiary/aromatic N) is 3. The number of aromatic amines is 1. The van der Waals surface area contributed by atoms with Crippen LogP contribution in [0.1, 0.15) is 33.9 Å². The molecule has 0 spiro atoms. The lowest BCUT2D eigenvalue weighted by Gasteiger charge is -2.27. The molecule has 1 saturated heterocycles. The van der Waals surface area contributed by atoms with Crippen molar-refractivity contribution in [2.45, 2.75) is 51.7 Å². The maximum absolute atomic E-state index is 12.0. The Bertz CT molecular complexity index is 1100. The fourth-order valence-electron chi connectivity index (χ4n) is 3.13. The van der Waals surface area contributed by atoms with Crippen LogP contribution < -0.4 is 11.3 Å². The Kier molecular flexibility index (Phi) is 7.58. The van der Waals surface area contributed by atoms with E-state index in [4.69, 9.17) is 19.5 Å². The third-order valence-corrected chi connectivity index (χ3v) is 6.93. The van der Waals surface area contributed by atoms with Gasteiger partial charge >= 0.3 is 8.25 Å². The molecule has 0 amide bonds. The van der Waals surface area contributed by atoms with E-state index in [-0.39, 0.29) is 35.4 Å². The van der Waals surface area contributed by atoms with Crippen LogP contribution in [0.2, 0.25) is 0 Å². The number of ether oxygens (including phenoxy) is 1. The standard InChI is InChI=1S/C18H26N5O8PS/c1-17(2,3)15(26)33-6-5-29-32(28)30-7-9-11(24)18(4,27)14(31-9)23-8-20-10-12(23)21-16(19)22-13(10)25/h8-9,11,14,24,27H,5-7H2,1-4H3,(H2-,19,21,22,25)/p+1/t9-,11-,14-,18-/m1/s1. The number of carbonyl (C=O) groups is 1. The number of aliphatic hydroxyl groups excluding tert-OH is 1. The van der Waals surface area contributed by atoms with Crippen LogP contribution in [0.25, 0.3) is 11.2 Å². The summed E-state index contributed by atoms with van der Waals surface area (Å²) in [5, 5.41) is 21.4. The minimum absolute atomic E-state index is 0.0109. The molecule has 2 aromatic rings. The highest BCUT2D eigenvalue weighted by Crippen LogP contribution is 2.40. The largest absolute Gasteiger partial charge is 0.697 e. The van der Waals surface area contributed by atoms with Crippen LogP contribution in [0.5, 0.6) is 0 Å². The summed E-state index contributed by atoms with van der Waals surface area (Å²) in [6.07, 6.45) is -2.44. The van der Waals surface area contributed by atoms with Gasteiger partial charge in [0.05, 0.1) is 6.33 Å². The highest BCUT2D eigenvalue weighted by Gasteiger charge is 2.54. The van der Waals surface area contributed by atoms with Crippen molar-refractivity contribution in [3.05, 3.63) is 16.7 Å². The van der Waals surface area contributed by atoms with Crippen molar-refractivity contribution in [3.63, 3.8) is 0 Å². The predicted octanol–water partition coefficient (Wildman–Crippen LogP) is 0.708. The van der Waals surface area contributed by atoms with E-state index in [9.17, 15) is 24.4 Å². The van der Waals surface area contributed by atoms with Crippen LogP contribution >= 0.6 is 20.0 Å². The van der Waals surface area contributed by atoms with E-state index in [0.29, 0.717) is 5.75 Å². The van der Waals surface area contributed by atoms with Crippen LogP contribution in [-0.2, 0) is 23.1 Å². The Morgan fingerprint density at radius 3 is 2.82 bits per heavy atom. The Labute approximate surface area is 194 Å². The van der Waals surface area contributed by atoms with Crippen molar-refractivity contribution in [2.75, 3.05) is 24.7 Å². The molecule has 0 aromatic carbocycles. The molecule has 1 aliphatic rings. The first kappa shape index (κ1) is 25.7. The number of nitrogens with two attached hydrogens (primary N) is 1. The fraction of sp³-hybridized carbons (Fsp3) is 0.667. The number of nitrogens with one attached hydrogen (secondary N) is 1. The number of fused-ring (bicyclic) bond motifs is 1. The number of aromatic nitrogens is 4. The van der Waals surface area contributed by atoms with E-state index < -0.39 is 43.3 Å². The van der Waals surface area contributed by atoms with Crippen molar-refractivity contribution in [3.8, 4) is 0 Å². The summed E-state index contributed by atoms with van der Waals surface area (Å²) >= 11 is 1.08. The van der Waals surface area contributed by atoms with Crippen LogP contribution in [-0.4, -0.2) is 71.6 Å². The molecule has 5 atom stereocenters. The van der Waals surface area contributed by atoms with Crippen molar-refractivity contribution in [1.82, 2.24) is 19.5 Å². The van der Waals surface area contributed by atoms with Crippen LogP contribution in [0.15, 0.2) is 11.1 Å². The van der Waals surface area contributed by atoms with Gasteiger partial charge in [-0.2, -0.15) is 4.98 Å². The van der Waals surface area contributed by atoms with Gasteiger partial charge < -0.3 is 20.7 Å². The van der Waals surface area contributed by atoms with Crippen LogP contribution in [0.3, 0.4) is 0 Å². The molecule has 2 aromatic heterocycles. The maximum Gasteiger partial charge on any atom is 0.697 e. The molecule has 3 heterocycles. The van der Waals surface area contributed by atoms with Gasteiger partial charge in [0.25, 0.3) is 5.56 Å². The second kappa shape index (κ2) is 9.74. The summed E-state index contributed by atoms with van der Waals surface area (Å²) in [5.41, 5.74) is 2.77. The topological polar surface area (TPSA) is 192 Å². The number of anilines is 1. The van der Waals surface area contributed by atoms with E-state index in [0.717, 1.165) is 11.8 Å². The minimum atomic E-state index is -2.54. The van der Waals surface area contributed by atoms with Crippen molar-refractivity contribution in [2.24, 2.45) is 5.41 Å². The van der Waals surface area contributed by atoms with Gasteiger partial charge in [-0.05, 0) is 6.92 Å². The first-order valence-corrected chi connectivity index (χ1v) is 12.1. The molecule has 0 aliphatic carbocycles. The molecule has 0 saturated carbocycles. The number of thioether (sulfide) groups is 1.